The summed E-state index contributed by atoms with van der Waals surface area (Å²) in [6.07, 6.45) is 0.747. The molecule has 1 aromatic heterocycles. The summed E-state index contributed by atoms with van der Waals surface area (Å²) in [5, 5.41) is 0.920. The number of imidazole rings is 1. The number of nitrogens with one attached hydrogen (secondary N) is 1. The molecule has 1 aliphatic rings. The van der Waals surface area contributed by atoms with Gasteiger partial charge in [-0.15, -0.1) is 0 Å². The maximum Gasteiger partial charge on any atom is 0.245 e. The summed E-state index contributed by atoms with van der Waals surface area (Å²) in [5.74, 6) is 0.0723. The molecule has 0 saturated carbocycles. The molecule has 1 saturated heterocycles. The number of rotatable bonds is 1. The number of fused-ring (bicyclic) bond motifs is 1. The maximum atomic E-state index is 12.1. The first-order valence-electron chi connectivity index (χ1n) is 5.83. The van der Waals surface area contributed by atoms with Gasteiger partial charge in [0.1, 0.15) is 6.04 Å². The highest BCUT2D eigenvalue weighted by atomic mass is 35.5. The van der Waals surface area contributed by atoms with E-state index in [4.69, 9.17) is 35.4 Å². The molecule has 1 N–H and O–H groups in total. The first kappa shape index (κ1) is 13.0. The van der Waals surface area contributed by atoms with E-state index < -0.39 is 0 Å². The number of likely N-dealkylation sites (tertiary alicyclic amines) is 1. The van der Waals surface area contributed by atoms with Gasteiger partial charge in [0.15, 0.2) is 4.77 Å². The van der Waals surface area contributed by atoms with Crippen LogP contribution in [0.5, 0.6) is 0 Å². The zero-order valence-electron chi connectivity index (χ0n) is 10.1. The number of benzene rings is 1. The summed E-state index contributed by atoms with van der Waals surface area (Å²) in [4.78, 5) is 16.9. The number of carbonyl (C=O) groups excluding carboxylic acids is 1. The Morgan fingerprint density at radius 2 is 2.05 bits per heavy atom. The Balaban J connectivity index is 2.24. The fourth-order valence-corrected chi connectivity index (χ4v) is 3.13. The quantitative estimate of drug-likeness (QED) is 0.819. The standard InChI is InChI=1S/C12H11Cl2N3OS/c1-16-3-2-9(11(16)18)17-10-5-7(14)6(13)4-8(10)15-12(17)19/h4-5,9H,2-3H2,1H3,(H,15,19). The second-order valence-electron chi connectivity index (χ2n) is 4.65. The second-order valence-corrected chi connectivity index (χ2v) is 5.85. The van der Waals surface area contributed by atoms with Gasteiger partial charge in [0.25, 0.3) is 0 Å². The molecule has 100 valence electrons. The van der Waals surface area contributed by atoms with Crippen molar-refractivity contribution in [1.29, 1.82) is 0 Å². The molecule has 7 heteroatoms. The molecule has 4 nitrogen and oxygen atoms in total. The maximum absolute atomic E-state index is 12.1. The summed E-state index contributed by atoms with van der Waals surface area (Å²) in [5.41, 5.74) is 1.61. The van der Waals surface area contributed by atoms with E-state index in [1.807, 2.05) is 4.57 Å². The zero-order chi connectivity index (χ0) is 13.7. The summed E-state index contributed by atoms with van der Waals surface area (Å²) in [6.45, 7) is 0.735. The van der Waals surface area contributed by atoms with Crippen molar-refractivity contribution in [2.75, 3.05) is 13.6 Å². The number of hydrogen-bond donors (Lipinski definition) is 1. The fourth-order valence-electron chi connectivity index (χ4n) is 2.47. The lowest BCUT2D eigenvalue weighted by atomic mass is 10.2. The van der Waals surface area contributed by atoms with E-state index in [1.165, 1.54) is 0 Å². The lowest BCUT2D eigenvalue weighted by molar-refractivity contribution is -0.129. The van der Waals surface area contributed by atoms with Crippen molar-refractivity contribution in [3.8, 4) is 0 Å². The molecule has 1 atom stereocenters. The number of likely N-dealkylation sites (N-methyl/N-ethyl adjacent to an activating group) is 1. The van der Waals surface area contributed by atoms with E-state index >= 15 is 0 Å². The molecule has 2 heterocycles. The lowest BCUT2D eigenvalue weighted by Gasteiger charge is -2.13. The summed E-state index contributed by atoms with van der Waals surface area (Å²) < 4.78 is 2.35. The van der Waals surface area contributed by atoms with E-state index in [-0.39, 0.29) is 11.9 Å². The average Bonchev–Trinajstić information content (AvgIpc) is 2.82. The van der Waals surface area contributed by atoms with Crippen LogP contribution in [-0.2, 0) is 4.79 Å². The predicted octanol–water partition coefficient (Wildman–Crippen LogP) is 3.41. The number of amides is 1. The molecule has 19 heavy (non-hydrogen) atoms. The van der Waals surface area contributed by atoms with Gasteiger partial charge < -0.3 is 14.5 Å². The third-order valence-electron chi connectivity index (χ3n) is 3.47. The highest BCUT2D eigenvalue weighted by Gasteiger charge is 2.32. The molecule has 0 bridgehead atoms. The van der Waals surface area contributed by atoms with Crippen LogP contribution in [0.3, 0.4) is 0 Å². The SMILES string of the molecule is CN1CCC(n2c(=S)[nH]c3cc(Cl)c(Cl)cc32)C1=O. The molecule has 3 rings (SSSR count). The van der Waals surface area contributed by atoms with Gasteiger partial charge >= 0.3 is 0 Å². The first-order valence-corrected chi connectivity index (χ1v) is 6.99. The van der Waals surface area contributed by atoms with Gasteiger partial charge in [-0.3, -0.25) is 4.79 Å². The van der Waals surface area contributed by atoms with Gasteiger partial charge in [-0.1, -0.05) is 23.2 Å². The van der Waals surface area contributed by atoms with Crippen LogP contribution < -0.4 is 0 Å². The average molecular weight is 316 g/mol. The van der Waals surface area contributed by atoms with Crippen molar-refractivity contribution in [2.45, 2.75) is 12.5 Å². The predicted molar refractivity (Wildman–Crippen MR) is 78.4 cm³/mol. The van der Waals surface area contributed by atoms with Gasteiger partial charge in [0, 0.05) is 13.6 Å². The van der Waals surface area contributed by atoms with Gasteiger partial charge in [-0.2, -0.15) is 0 Å². The van der Waals surface area contributed by atoms with Gasteiger partial charge in [-0.05, 0) is 30.8 Å². The van der Waals surface area contributed by atoms with Crippen molar-refractivity contribution < 1.29 is 4.79 Å². The number of H-pyrrole nitrogens is 1. The highest BCUT2D eigenvalue weighted by molar-refractivity contribution is 7.71. The molecule has 1 aliphatic heterocycles. The topological polar surface area (TPSA) is 41.0 Å². The van der Waals surface area contributed by atoms with E-state index in [2.05, 4.69) is 4.98 Å². The van der Waals surface area contributed by atoms with E-state index in [0.29, 0.717) is 14.8 Å². The van der Waals surface area contributed by atoms with Crippen LogP contribution in [0.1, 0.15) is 12.5 Å². The molecule has 0 spiro atoms. The summed E-state index contributed by atoms with van der Waals surface area (Å²) in [6, 6.07) is 3.22. The van der Waals surface area contributed by atoms with Gasteiger partial charge in [-0.25, -0.2) is 0 Å². The Bertz CT molecular complexity index is 736. The monoisotopic (exact) mass is 315 g/mol. The number of hydrogen-bond acceptors (Lipinski definition) is 2. The van der Waals surface area contributed by atoms with Crippen LogP contribution in [-0.4, -0.2) is 34.0 Å². The highest BCUT2D eigenvalue weighted by Crippen LogP contribution is 2.32. The largest absolute Gasteiger partial charge is 0.344 e. The van der Waals surface area contributed by atoms with Crippen molar-refractivity contribution in [1.82, 2.24) is 14.5 Å². The molecule has 1 amide bonds. The second kappa shape index (κ2) is 4.51. The first-order chi connectivity index (χ1) is 8.99. The summed E-state index contributed by atoms with van der Waals surface area (Å²) in [7, 11) is 1.80. The van der Waals surface area contributed by atoms with E-state index in [9.17, 15) is 4.79 Å². The van der Waals surface area contributed by atoms with Crippen LogP contribution in [0, 0.1) is 4.77 Å². The van der Waals surface area contributed by atoms with Crippen LogP contribution in [0.4, 0.5) is 0 Å². The minimum absolute atomic E-state index is 0.0723. The molecule has 1 fully saturated rings. The minimum Gasteiger partial charge on any atom is -0.344 e. The van der Waals surface area contributed by atoms with E-state index in [0.717, 1.165) is 24.0 Å². The Morgan fingerprint density at radius 3 is 2.68 bits per heavy atom. The Hall–Kier alpha value is -1.04. The van der Waals surface area contributed by atoms with E-state index in [1.54, 1.807) is 24.1 Å². The number of halogens is 2. The molecular weight excluding hydrogens is 305 g/mol. The molecule has 0 aliphatic carbocycles. The molecule has 2 aromatic rings. The van der Waals surface area contributed by atoms with Crippen molar-refractivity contribution in [3.63, 3.8) is 0 Å². The molecule has 0 radical (unpaired) electrons. The van der Waals surface area contributed by atoms with Gasteiger partial charge in [0.2, 0.25) is 5.91 Å². The smallest absolute Gasteiger partial charge is 0.245 e. The lowest BCUT2D eigenvalue weighted by Crippen LogP contribution is -2.24. The fraction of sp³-hybridized carbons (Fsp3) is 0.333. The number of aromatic amines is 1. The van der Waals surface area contributed by atoms with Crippen LogP contribution >= 0.6 is 35.4 Å². The Kier molecular flexibility index (Phi) is 3.08. The van der Waals surface area contributed by atoms with Crippen LogP contribution in [0.2, 0.25) is 10.0 Å². The molecular formula is C12H11Cl2N3OS. The van der Waals surface area contributed by atoms with Crippen LogP contribution in [0.15, 0.2) is 12.1 Å². The van der Waals surface area contributed by atoms with Gasteiger partial charge in [0.05, 0.1) is 21.1 Å². The third-order valence-corrected chi connectivity index (χ3v) is 4.49. The number of carbonyl (C=O) groups is 1. The molecule has 1 unspecified atom stereocenters. The molecule has 1 aromatic carbocycles. The minimum atomic E-state index is -0.261. The van der Waals surface area contributed by atoms with Crippen LogP contribution in [0.25, 0.3) is 11.0 Å². The van der Waals surface area contributed by atoms with Crippen molar-refractivity contribution in [2.24, 2.45) is 0 Å². The third kappa shape index (κ3) is 1.96. The van der Waals surface area contributed by atoms with Crippen molar-refractivity contribution >= 4 is 52.4 Å². The summed E-state index contributed by atoms with van der Waals surface area (Å²) >= 11 is 17.4. The number of aromatic nitrogens is 2. The normalized spacial score (nSPS) is 19.6. The zero-order valence-corrected chi connectivity index (χ0v) is 12.4. The van der Waals surface area contributed by atoms with Crippen molar-refractivity contribution in [3.05, 3.63) is 26.9 Å². The Labute approximate surface area is 124 Å². The Morgan fingerprint density at radius 1 is 1.37 bits per heavy atom. The number of nitrogens with zero attached hydrogens (tertiary/aromatic N) is 2.